The molecule has 1 atom stereocenters. The molecule has 0 heterocycles. The third-order valence-electron chi connectivity index (χ3n) is 5.68. The van der Waals surface area contributed by atoms with Crippen LogP contribution in [-0.4, -0.2) is 54.7 Å². The number of benzene rings is 3. The molecule has 0 saturated carbocycles. The maximum absolute atomic E-state index is 13.4. The van der Waals surface area contributed by atoms with E-state index >= 15 is 0 Å². The molecule has 3 rings (SSSR count). The molecule has 0 aliphatic heterocycles. The van der Waals surface area contributed by atoms with Gasteiger partial charge < -0.3 is 19.7 Å². The van der Waals surface area contributed by atoms with Gasteiger partial charge in [-0.25, -0.2) is 9.52 Å². The first-order valence-electron chi connectivity index (χ1n) is 11.3. The van der Waals surface area contributed by atoms with E-state index in [2.05, 4.69) is 5.32 Å². The normalized spacial score (nSPS) is 11.7. The van der Waals surface area contributed by atoms with E-state index in [-0.39, 0.29) is 12.1 Å². The highest BCUT2D eigenvalue weighted by atomic mass is 32.2. The standard InChI is InChI=1S/C26H30N4O6S/c1-29(20-13-15-22(35-3)16-14-20)25(31)24(17-19-9-6-5-7-10-19)27-26(32)28-37(33,34)30(2)21-11-8-12-23(18-21)36-4/h5-16,18,24H,17H2,1-4H3,(H2,27,28,32). The van der Waals surface area contributed by atoms with Gasteiger partial charge >= 0.3 is 16.2 Å². The fourth-order valence-corrected chi connectivity index (χ4v) is 4.36. The monoisotopic (exact) mass is 526 g/mol. The smallest absolute Gasteiger partial charge is 0.330 e. The number of methoxy groups -OCH3 is 2. The zero-order chi connectivity index (χ0) is 27.0. The van der Waals surface area contributed by atoms with E-state index in [0.29, 0.717) is 17.2 Å². The molecule has 11 heteroatoms. The molecule has 10 nitrogen and oxygen atoms in total. The second-order valence-corrected chi connectivity index (χ2v) is 9.79. The van der Waals surface area contributed by atoms with Gasteiger partial charge in [0.1, 0.15) is 17.5 Å². The summed E-state index contributed by atoms with van der Waals surface area (Å²) in [5.74, 6) is 0.662. The van der Waals surface area contributed by atoms with E-state index in [9.17, 15) is 18.0 Å². The first kappa shape index (κ1) is 27.3. The molecule has 0 fully saturated rings. The van der Waals surface area contributed by atoms with Crippen molar-refractivity contribution in [3.8, 4) is 11.5 Å². The van der Waals surface area contributed by atoms with E-state index in [0.717, 1.165) is 9.87 Å². The van der Waals surface area contributed by atoms with Crippen molar-refractivity contribution >= 4 is 33.5 Å². The number of rotatable bonds is 10. The molecule has 0 saturated heterocycles. The summed E-state index contributed by atoms with van der Waals surface area (Å²) < 4.78 is 38.9. The van der Waals surface area contributed by atoms with Crippen LogP contribution in [-0.2, 0) is 21.4 Å². The highest BCUT2D eigenvalue weighted by Gasteiger charge is 2.28. The Kier molecular flexibility index (Phi) is 8.96. The summed E-state index contributed by atoms with van der Waals surface area (Å²) in [6.45, 7) is 0. The number of likely N-dealkylation sites (N-methyl/N-ethyl adjacent to an activating group) is 1. The lowest BCUT2D eigenvalue weighted by Gasteiger charge is -2.26. The van der Waals surface area contributed by atoms with Gasteiger partial charge in [-0.05, 0) is 42.0 Å². The number of ether oxygens (including phenoxy) is 2. The van der Waals surface area contributed by atoms with Crippen molar-refractivity contribution in [2.75, 3.05) is 37.5 Å². The summed E-state index contributed by atoms with van der Waals surface area (Å²) in [7, 11) is 1.60. The lowest BCUT2D eigenvalue weighted by Crippen LogP contribution is -2.54. The largest absolute Gasteiger partial charge is 0.497 e. The summed E-state index contributed by atoms with van der Waals surface area (Å²) in [5.41, 5.74) is 1.66. The van der Waals surface area contributed by atoms with Crippen LogP contribution < -0.4 is 28.7 Å². The van der Waals surface area contributed by atoms with E-state index in [1.165, 1.54) is 25.1 Å². The lowest BCUT2D eigenvalue weighted by molar-refractivity contribution is -0.120. The second-order valence-electron chi connectivity index (χ2n) is 8.09. The van der Waals surface area contributed by atoms with Crippen LogP contribution >= 0.6 is 0 Å². The SMILES string of the molecule is COc1ccc(N(C)C(=O)C(Cc2ccccc2)NC(=O)NS(=O)(=O)N(C)c2cccc(OC)c2)cc1. The fraction of sp³-hybridized carbons (Fsp3) is 0.231. The van der Waals surface area contributed by atoms with Gasteiger partial charge in [-0.3, -0.25) is 9.10 Å². The number of amides is 3. The number of urea groups is 1. The fourth-order valence-electron chi connectivity index (χ4n) is 3.54. The molecule has 3 aromatic rings. The second kappa shape index (κ2) is 12.1. The van der Waals surface area contributed by atoms with Crippen LogP contribution in [0.1, 0.15) is 5.56 Å². The van der Waals surface area contributed by atoms with Crippen LogP contribution in [0.15, 0.2) is 78.9 Å². The van der Waals surface area contributed by atoms with Gasteiger partial charge in [0, 0.05) is 32.3 Å². The van der Waals surface area contributed by atoms with Crippen molar-refractivity contribution in [3.63, 3.8) is 0 Å². The molecule has 0 bridgehead atoms. The summed E-state index contributed by atoms with van der Waals surface area (Å²) in [5, 5.41) is 2.53. The summed E-state index contributed by atoms with van der Waals surface area (Å²) >= 11 is 0. The zero-order valence-electron chi connectivity index (χ0n) is 21.0. The Labute approximate surface area is 217 Å². The minimum absolute atomic E-state index is 0.152. The highest BCUT2D eigenvalue weighted by molar-refractivity contribution is 7.91. The molecule has 3 amide bonds. The van der Waals surface area contributed by atoms with Crippen molar-refractivity contribution in [1.29, 1.82) is 0 Å². The van der Waals surface area contributed by atoms with E-state index in [1.54, 1.807) is 56.6 Å². The molecule has 3 aromatic carbocycles. The molecule has 0 aliphatic carbocycles. The predicted molar refractivity (Wildman–Crippen MR) is 142 cm³/mol. The summed E-state index contributed by atoms with van der Waals surface area (Å²) in [6.07, 6.45) is 0.152. The first-order valence-corrected chi connectivity index (χ1v) is 12.8. The number of nitrogens with zero attached hydrogens (tertiary/aromatic N) is 2. The Morgan fingerprint density at radius 2 is 1.49 bits per heavy atom. The van der Waals surface area contributed by atoms with Gasteiger partial charge in [-0.15, -0.1) is 0 Å². The maximum atomic E-state index is 13.4. The van der Waals surface area contributed by atoms with Gasteiger partial charge in [0.15, 0.2) is 0 Å². The van der Waals surface area contributed by atoms with Gasteiger partial charge in [-0.1, -0.05) is 36.4 Å². The van der Waals surface area contributed by atoms with E-state index in [1.807, 2.05) is 35.1 Å². The summed E-state index contributed by atoms with van der Waals surface area (Å²) in [6, 6.07) is 20.3. The van der Waals surface area contributed by atoms with Crippen LogP contribution in [0.2, 0.25) is 0 Å². The molecule has 0 aliphatic rings. The van der Waals surface area contributed by atoms with Crippen molar-refractivity contribution in [3.05, 3.63) is 84.4 Å². The van der Waals surface area contributed by atoms with Gasteiger partial charge in [-0.2, -0.15) is 8.42 Å². The lowest BCUT2D eigenvalue weighted by atomic mass is 10.0. The average Bonchev–Trinajstić information content (AvgIpc) is 2.91. The minimum atomic E-state index is -4.28. The average molecular weight is 527 g/mol. The molecule has 0 spiro atoms. The Morgan fingerprint density at radius 3 is 2.11 bits per heavy atom. The molecule has 196 valence electrons. The molecule has 0 radical (unpaired) electrons. The van der Waals surface area contributed by atoms with Crippen molar-refractivity contribution < 1.29 is 27.5 Å². The number of nitrogens with one attached hydrogen (secondary N) is 2. The topological polar surface area (TPSA) is 117 Å². The van der Waals surface area contributed by atoms with Gasteiger partial charge in [0.05, 0.1) is 19.9 Å². The van der Waals surface area contributed by atoms with Crippen molar-refractivity contribution in [1.82, 2.24) is 10.0 Å². The first-order chi connectivity index (χ1) is 17.6. The van der Waals surface area contributed by atoms with Crippen molar-refractivity contribution in [2.24, 2.45) is 0 Å². The third-order valence-corrected chi connectivity index (χ3v) is 7.05. The van der Waals surface area contributed by atoms with Crippen molar-refractivity contribution in [2.45, 2.75) is 12.5 Å². The number of hydrogen-bond donors (Lipinski definition) is 2. The minimum Gasteiger partial charge on any atom is -0.497 e. The Bertz CT molecular complexity index is 1320. The predicted octanol–water partition coefficient (Wildman–Crippen LogP) is 2.96. The molecular formula is C26H30N4O6S. The molecular weight excluding hydrogens is 496 g/mol. The van der Waals surface area contributed by atoms with Crippen LogP contribution in [0.25, 0.3) is 0 Å². The number of anilines is 2. The Hall–Kier alpha value is -4.25. The van der Waals surface area contributed by atoms with Crippen LogP contribution in [0, 0.1) is 0 Å². The van der Waals surface area contributed by atoms with Crippen LogP contribution in [0.4, 0.5) is 16.2 Å². The van der Waals surface area contributed by atoms with Crippen LogP contribution in [0.5, 0.6) is 11.5 Å². The molecule has 2 N–H and O–H groups in total. The van der Waals surface area contributed by atoms with Gasteiger partial charge in [0.2, 0.25) is 5.91 Å². The Morgan fingerprint density at radius 1 is 0.838 bits per heavy atom. The number of carbonyl (C=O) groups is 2. The third kappa shape index (κ3) is 7.14. The zero-order valence-corrected chi connectivity index (χ0v) is 21.9. The molecule has 0 aromatic heterocycles. The van der Waals surface area contributed by atoms with E-state index < -0.39 is 28.2 Å². The number of hydrogen-bond acceptors (Lipinski definition) is 6. The van der Waals surface area contributed by atoms with Crippen LogP contribution in [0.3, 0.4) is 0 Å². The van der Waals surface area contributed by atoms with Gasteiger partial charge in [0.25, 0.3) is 0 Å². The van der Waals surface area contributed by atoms with E-state index in [4.69, 9.17) is 9.47 Å². The molecule has 37 heavy (non-hydrogen) atoms. The maximum Gasteiger partial charge on any atom is 0.330 e. The quantitative estimate of drug-likeness (QED) is 0.420. The summed E-state index contributed by atoms with van der Waals surface area (Å²) in [4.78, 5) is 27.6. The number of carbonyl (C=O) groups excluding carboxylic acids is 2. The highest BCUT2D eigenvalue weighted by Crippen LogP contribution is 2.22. The Balaban J connectivity index is 1.78. The molecule has 1 unspecified atom stereocenters.